The van der Waals surface area contributed by atoms with Gasteiger partial charge in [0.2, 0.25) is 0 Å². The minimum absolute atomic E-state index is 0.352. The summed E-state index contributed by atoms with van der Waals surface area (Å²) in [5, 5.41) is 12.1. The Hall–Kier alpha value is -2.95. The first-order valence-corrected chi connectivity index (χ1v) is 8.46. The monoisotopic (exact) mass is 353 g/mol. The van der Waals surface area contributed by atoms with E-state index in [2.05, 4.69) is 0 Å². The molecule has 1 atom stereocenters. The highest BCUT2D eigenvalue weighted by atomic mass is 16.6. The van der Waals surface area contributed by atoms with E-state index in [1.54, 1.807) is 12.1 Å². The van der Waals surface area contributed by atoms with Gasteiger partial charge in [0.15, 0.2) is 0 Å². The summed E-state index contributed by atoms with van der Waals surface area (Å²) >= 11 is 0. The van der Waals surface area contributed by atoms with Crippen LogP contribution < -0.4 is 4.74 Å². The summed E-state index contributed by atoms with van der Waals surface area (Å²) in [7, 11) is 1.52. The number of benzene rings is 2. The van der Waals surface area contributed by atoms with E-state index >= 15 is 0 Å². The van der Waals surface area contributed by atoms with E-state index in [-0.39, 0.29) is 0 Å². The first-order valence-electron chi connectivity index (χ1n) is 8.46. The average molecular weight is 353 g/mol. The van der Waals surface area contributed by atoms with Crippen LogP contribution in [0.2, 0.25) is 0 Å². The maximum atomic E-state index is 12.1. The van der Waals surface area contributed by atoms with Crippen LogP contribution in [0.4, 0.5) is 4.79 Å². The number of fused-ring (bicyclic) bond motifs is 1. The molecule has 0 bridgehead atoms. The Bertz CT molecular complexity index is 923. The lowest BCUT2D eigenvalue weighted by molar-refractivity contribution is 0.0734. The van der Waals surface area contributed by atoms with Gasteiger partial charge in [0, 0.05) is 11.6 Å². The highest BCUT2D eigenvalue weighted by Crippen LogP contribution is 2.37. The van der Waals surface area contributed by atoms with E-state index in [0.29, 0.717) is 11.7 Å². The predicted molar refractivity (Wildman–Crippen MR) is 101 cm³/mol. The van der Waals surface area contributed by atoms with Crippen LogP contribution in [0.3, 0.4) is 0 Å². The third-order valence-corrected chi connectivity index (χ3v) is 4.35. The van der Waals surface area contributed by atoms with Crippen molar-refractivity contribution in [2.24, 2.45) is 0 Å². The zero-order valence-electron chi connectivity index (χ0n) is 15.4. The molecule has 136 valence electrons. The second-order valence-corrected chi connectivity index (χ2v) is 7.19. The van der Waals surface area contributed by atoms with Crippen LogP contribution in [0.1, 0.15) is 38.1 Å². The Morgan fingerprint density at radius 3 is 2.35 bits per heavy atom. The molecule has 1 amide bonds. The molecule has 3 rings (SSSR count). The normalized spacial score (nSPS) is 12.8. The fourth-order valence-corrected chi connectivity index (χ4v) is 3.19. The number of carboxylic acid groups (broad SMARTS) is 1. The molecule has 0 radical (unpaired) electrons. The molecule has 26 heavy (non-hydrogen) atoms. The number of hydrogen-bond donors (Lipinski definition) is 1. The van der Waals surface area contributed by atoms with E-state index in [1.807, 2.05) is 63.2 Å². The number of ether oxygens (including phenoxy) is 1. The summed E-state index contributed by atoms with van der Waals surface area (Å²) in [5.74, 6) is 0.875. The molecule has 1 unspecified atom stereocenters. The van der Waals surface area contributed by atoms with Gasteiger partial charge in [-0.15, -0.1) is 0 Å². The lowest BCUT2D eigenvalue weighted by Crippen LogP contribution is -2.47. The summed E-state index contributed by atoms with van der Waals surface area (Å²) in [6, 6.07) is 16.8. The number of nitrogens with zero attached hydrogens (tertiary/aromatic N) is 1. The summed E-state index contributed by atoms with van der Waals surface area (Å²) < 4.78 is 10.9. The zero-order chi connectivity index (χ0) is 18.9. The summed E-state index contributed by atoms with van der Waals surface area (Å²) in [4.78, 5) is 13.5. The Morgan fingerprint density at radius 1 is 1.08 bits per heavy atom. The van der Waals surface area contributed by atoms with Crippen molar-refractivity contribution in [1.29, 1.82) is 0 Å². The largest absolute Gasteiger partial charge is 0.468 e. The maximum absolute atomic E-state index is 12.1. The predicted octanol–water partition coefficient (Wildman–Crippen LogP) is 5.31. The molecular weight excluding hydrogens is 330 g/mol. The van der Waals surface area contributed by atoms with Crippen LogP contribution in [0.25, 0.3) is 10.8 Å². The molecule has 0 aliphatic heterocycles. The highest BCUT2D eigenvalue weighted by Gasteiger charge is 2.37. The van der Waals surface area contributed by atoms with Gasteiger partial charge in [-0.1, -0.05) is 36.4 Å². The number of methoxy groups -OCH3 is 1. The quantitative estimate of drug-likeness (QED) is 0.690. The van der Waals surface area contributed by atoms with E-state index in [1.165, 1.54) is 12.0 Å². The molecule has 0 saturated carbocycles. The molecular formula is C21H23NO4. The average Bonchev–Trinajstić information content (AvgIpc) is 3.06. The van der Waals surface area contributed by atoms with Crippen LogP contribution in [0.15, 0.2) is 59.0 Å². The Kier molecular flexibility index (Phi) is 4.64. The van der Waals surface area contributed by atoms with E-state index < -0.39 is 17.7 Å². The van der Waals surface area contributed by atoms with Gasteiger partial charge >= 0.3 is 6.09 Å². The zero-order valence-corrected chi connectivity index (χ0v) is 15.4. The van der Waals surface area contributed by atoms with Gasteiger partial charge < -0.3 is 14.3 Å². The second kappa shape index (κ2) is 6.75. The Balaban J connectivity index is 2.19. The molecule has 0 fully saturated rings. The van der Waals surface area contributed by atoms with Crippen LogP contribution >= 0.6 is 0 Å². The third kappa shape index (κ3) is 3.38. The van der Waals surface area contributed by atoms with Gasteiger partial charge in [0.1, 0.15) is 11.8 Å². The van der Waals surface area contributed by atoms with Crippen molar-refractivity contribution in [2.45, 2.75) is 32.4 Å². The van der Waals surface area contributed by atoms with Crippen molar-refractivity contribution in [3.63, 3.8) is 0 Å². The van der Waals surface area contributed by atoms with E-state index in [0.717, 1.165) is 16.3 Å². The topological polar surface area (TPSA) is 62.9 Å². The number of amides is 1. The molecule has 1 aromatic heterocycles. The van der Waals surface area contributed by atoms with Gasteiger partial charge in [-0.25, -0.2) is 4.79 Å². The standard InChI is InChI=1S/C21H23NO4/c1-21(2,3)22(20(23)24)19(17-11-12-18(25-4)26-17)16-10-9-14-7-5-6-8-15(14)13-16/h5-13,19H,1-4H3,(H,23,24). The van der Waals surface area contributed by atoms with Gasteiger partial charge in [0.25, 0.3) is 5.95 Å². The van der Waals surface area contributed by atoms with Gasteiger partial charge in [-0.2, -0.15) is 0 Å². The van der Waals surface area contributed by atoms with Gasteiger partial charge in [0.05, 0.1) is 7.11 Å². The summed E-state index contributed by atoms with van der Waals surface area (Å²) in [6.07, 6.45) is -1.01. The van der Waals surface area contributed by atoms with Crippen LogP contribution in [-0.4, -0.2) is 28.7 Å². The number of rotatable bonds is 4. The molecule has 1 heterocycles. The van der Waals surface area contributed by atoms with Crippen LogP contribution in [0.5, 0.6) is 5.95 Å². The van der Waals surface area contributed by atoms with E-state index in [4.69, 9.17) is 9.15 Å². The lowest BCUT2D eigenvalue weighted by atomic mass is 9.95. The first-order chi connectivity index (χ1) is 12.3. The van der Waals surface area contributed by atoms with Crippen LogP contribution in [-0.2, 0) is 0 Å². The second-order valence-electron chi connectivity index (χ2n) is 7.19. The van der Waals surface area contributed by atoms with Crippen molar-refractivity contribution in [3.8, 4) is 5.95 Å². The lowest BCUT2D eigenvalue weighted by Gasteiger charge is -2.39. The molecule has 1 N–H and O–H groups in total. The van der Waals surface area contributed by atoms with Crippen molar-refractivity contribution in [2.75, 3.05) is 7.11 Å². The summed E-state index contributed by atoms with van der Waals surface area (Å²) in [5.41, 5.74) is 0.223. The molecule has 0 saturated heterocycles. The molecule has 5 heteroatoms. The number of hydrogen-bond acceptors (Lipinski definition) is 3. The number of furan rings is 1. The van der Waals surface area contributed by atoms with E-state index in [9.17, 15) is 9.90 Å². The molecule has 3 aromatic rings. The molecule has 5 nitrogen and oxygen atoms in total. The first kappa shape index (κ1) is 17.9. The van der Waals surface area contributed by atoms with Crippen molar-refractivity contribution in [3.05, 3.63) is 65.9 Å². The molecule has 0 aliphatic rings. The summed E-state index contributed by atoms with van der Waals surface area (Å²) in [6.45, 7) is 5.61. The Labute approximate surface area is 152 Å². The SMILES string of the molecule is COc1ccc(C(c2ccc3ccccc3c2)N(C(=O)O)C(C)(C)C)o1. The minimum Gasteiger partial charge on any atom is -0.468 e. The molecule has 0 spiro atoms. The fraction of sp³-hybridized carbons (Fsp3) is 0.286. The number of carbonyl (C=O) groups is 1. The molecule has 0 aliphatic carbocycles. The van der Waals surface area contributed by atoms with Crippen molar-refractivity contribution < 1.29 is 19.1 Å². The Morgan fingerprint density at radius 2 is 1.77 bits per heavy atom. The van der Waals surface area contributed by atoms with Gasteiger partial charge in [-0.3, -0.25) is 4.90 Å². The highest BCUT2D eigenvalue weighted by molar-refractivity contribution is 5.83. The minimum atomic E-state index is -1.01. The fourth-order valence-electron chi connectivity index (χ4n) is 3.19. The van der Waals surface area contributed by atoms with Crippen molar-refractivity contribution in [1.82, 2.24) is 4.90 Å². The van der Waals surface area contributed by atoms with Crippen molar-refractivity contribution >= 4 is 16.9 Å². The molecule has 2 aromatic carbocycles. The smallest absolute Gasteiger partial charge is 0.408 e. The van der Waals surface area contributed by atoms with Crippen LogP contribution in [0, 0.1) is 0 Å². The van der Waals surface area contributed by atoms with Gasteiger partial charge in [-0.05, 0) is 49.2 Å². The third-order valence-electron chi connectivity index (χ3n) is 4.35. The maximum Gasteiger partial charge on any atom is 0.408 e.